The van der Waals surface area contributed by atoms with Crippen molar-refractivity contribution in [1.29, 1.82) is 0 Å². The molecule has 1 aromatic rings. The van der Waals surface area contributed by atoms with Gasteiger partial charge in [-0.15, -0.1) is 0 Å². The van der Waals surface area contributed by atoms with E-state index in [1.54, 1.807) is 4.90 Å². The number of rotatable bonds is 6. The number of nitrogens with zero attached hydrogens (tertiary/aromatic N) is 1. The number of hydrogen-bond donors (Lipinski definition) is 2. The normalized spacial score (nSPS) is 10.8. The van der Waals surface area contributed by atoms with Crippen LogP contribution in [-0.4, -0.2) is 35.1 Å². The van der Waals surface area contributed by atoms with Gasteiger partial charge < -0.3 is 15.7 Å². The molecule has 1 rings (SSSR count). The van der Waals surface area contributed by atoms with Gasteiger partial charge in [0, 0.05) is 12.6 Å². The van der Waals surface area contributed by atoms with Crippen molar-refractivity contribution < 1.29 is 14.3 Å². The predicted octanol–water partition coefficient (Wildman–Crippen LogP) is 2.03. The summed E-state index contributed by atoms with van der Waals surface area (Å²) in [7, 11) is 0. The Labute approximate surface area is 113 Å². The van der Waals surface area contributed by atoms with E-state index in [0.29, 0.717) is 0 Å². The molecule has 4 nitrogen and oxygen atoms in total. The van der Waals surface area contributed by atoms with Crippen molar-refractivity contribution in [2.45, 2.75) is 32.7 Å². The highest BCUT2D eigenvalue weighted by molar-refractivity contribution is 5.99. The van der Waals surface area contributed by atoms with Crippen LogP contribution in [0.25, 0.3) is 0 Å². The number of nitrogens with two attached hydrogens (primary N) is 1. The minimum atomic E-state index is -0.598. The molecule has 3 N–H and O–H groups in total. The largest absolute Gasteiger partial charge is 0.396 e. The number of hydrogen-bond acceptors (Lipinski definition) is 3. The Balaban J connectivity index is 3.08. The van der Waals surface area contributed by atoms with Crippen molar-refractivity contribution in [3.63, 3.8) is 0 Å². The second-order valence-electron chi connectivity index (χ2n) is 4.39. The zero-order chi connectivity index (χ0) is 14.4. The highest BCUT2D eigenvalue weighted by Gasteiger charge is 2.24. The van der Waals surface area contributed by atoms with E-state index >= 15 is 0 Å². The van der Waals surface area contributed by atoms with Gasteiger partial charge in [-0.25, -0.2) is 4.39 Å². The average Bonchev–Trinajstić information content (AvgIpc) is 2.41. The second-order valence-corrected chi connectivity index (χ2v) is 4.39. The van der Waals surface area contributed by atoms with Crippen molar-refractivity contribution >= 4 is 11.6 Å². The van der Waals surface area contributed by atoms with Gasteiger partial charge in [-0.05, 0) is 25.0 Å². The smallest absolute Gasteiger partial charge is 0.256 e. The molecule has 0 heterocycles. The molecule has 0 spiro atoms. The molecule has 1 aromatic carbocycles. The maximum absolute atomic E-state index is 13.4. The molecular weight excluding hydrogens is 247 g/mol. The number of carbonyl (C=O) groups is 1. The van der Waals surface area contributed by atoms with Crippen molar-refractivity contribution in [2.24, 2.45) is 0 Å². The van der Waals surface area contributed by atoms with E-state index in [0.717, 1.165) is 12.8 Å². The molecular formula is C14H21FN2O2. The van der Waals surface area contributed by atoms with Crippen LogP contribution in [0, 0.1) is 5.82 Å². The summed E-state index contributed by atoms with van der Waals surface area (Å²) in [6.07, 6.45) is 1.55. The van der Waals surface area contributed by atoms with Gasteiger partial charge in [0.25, 0.3) is 5.91 Å². The van der Waals surface area contributed by atoms with Gasteiger partial charge >= 0.3 is 0 Å². The number of benzene rings is 1. The van der Waals surface area contributed by atoms with E-state index in [9.17, 15) is 9.18 Å². The third kappa shape index (κ3) is 3.44. The van der Waals surface area contributed by atoms with Gasteiger partial charge in [0.1, 0.15) is 5.82 Å². The molecule has 0 aliphatic rings. The Morgan fingerprint density at radius 2 is 2.05 bits per heavy atom. The van der Waals surface area contributed by atoms with Gasteiger partial charge in [-0.2, -0.15) is 0 Å². The first-order valence-electron chi connectivity index (χ1n) is 6.52. The third-order valence-corrected chi connectivity index (χ3v) is 3.27. The van der Waals surface area contributed by atoms with E-state index in [1.807, 2.05) is 13.8 Å². The van der Waals surface area contributed by atoms with Crippen LogP contribution in [0.4, 0.5) is 10.1 Å². The number of aliphatic hydroxyl groups excluding tert-OH is 1. The van der Waals surface area contributed by atoms with Crippen molar-refractivity contribution in [3.8, 4) is 0 Å². The molecule has 0 fully saturated rings. The van der Waals surface area contributed by atoms with Crippen LogP contribution in [-0.2, 0) is 0 Å². The molecule has 0 aromatic heterocycles. The molecule has 0 atom stereocenters. The molecule has 0 unspecified atom stereocenters. The second kappa shape index (κ2) is 7.09. The van der Waals surface area contributed by atoms with E-state index < -0.39 is 5.82 Å². The maximum Gasteiger partial charge on any atom is 0.256 e. The Morgan fingerprint density at radius 1 is 1.42 bits per heavy atom. The first-order valence-corrected chi connectivity index (χ1v) is 6.52. The molecule has 106 valence electrons. The molecule has 19 heavy (non-hydrogen) atoms. The summed E-state index contributed by atoms with van der Waals surface area (Å²) in [5.41, 5.74) is 5.63. The minimum Gasteiger partial charge on any atom is -0.396 e. The summed E-state index contributed by atoms with van der Waals surface area (Å²) in [6, 6.07) is 4.21. The van der Waals surface area contributed by atoms with Gasteiger partial charge in [0.2, 0.25) is 0 Å². The summed E-state index contributed by atoms with van der Waals surface area (Å²) in [5, 5.41) is 9.10. The van der Waals surface area contributed by atoms with Gasteiger partial charge in [-0.3, -0.25) is 4.79 Å². The molecule has 0 saturated heterocycles. The lowest BCUT2D eigenvalue weighted by molar-refractivity contribution is 0.0623. The van der Waals surface area contributed by atoms with Crippen LogP contribution < -0.4 is 5.73 Å². The van der Waals surface area contributed by atoms with Gasteiger partial charge in [0.15, 0.2) is 0 Å². The molecule has 1 amide bonds. The fourth-order valence-electron chi connectivity index (χ4n) is 2.17. The Hall–Kier alpha value is -1.62. The number of amides is 1. The topological polar surface area (TPSA) is 66.6 Å². The number of carbonyl (C=O) groups excluding carboxylic acids is 1. The third-order valence-electron chi connectivity index (χ3n) is 3.27. The van der Waals surface area contributed by atoms with E-state index in [4.69, 9.17) is 10.8 Å². The summed E-state index contributed by atoms with van der Waals surface area (Å²) in [5.74, 6) is -0.931. The Morgan fingerprint density at radius 3 is 2.58 bits per heavy atom. The van der Waals surface area contributed by atoms with Gasteiger partial charge in [-0.1, -0.05) is 19.9 Å². The van der Waals surface area contributed by atoms with Crippen LogP contribution in [0.2, 0.25) is 0 Å². The maximum atomic E-state index is 13.4. The number of halogens is 1. The summed E-state index contributed by atoms with van der Waals surface area (Å²) < 4.78 is 13.4. The molecule has 0 bridgehead atoms. The summed E-state index contributed by atoms with van der Waals surface area (Å²) in [4.78, 5) is 14.0. The van der Waals surface area contributed by atoms with Crippen molar-refractivity contribution in [1.82, 2.24) is 4.90 Å². The molecule has 0 radical (unpaired) electrons. The van der Waals surface area contributed by atoms with Crippen LogP contribution in [0.1, 0.15) is 37.0 Å². The average molecular weight is 268 g/mol. The first-order chi connectivity index (χ1) is 9.06. The lowest BCUT2D eigenvalue weighted by Crippen LogP contribution is -2.41. The van der Waals surface area contributed by atoms with Crippen LogP contribution in [0.15, 0.2) is 18.2 Å². The number of aliphatic hydroxyl groups is 1. The fraction of sp³-hybridized carbons (Fsp3) is 0.500. The predicted molar refractivity (Wildman–Crippen MR) is 73.3 cm³/mol. The monoisotopic (exact) mass is 268 g/mol. The quantitative estimate of drug-likeness (QED) is 0.776. The minimum absolute atomic E-state index is 0.0160. The highest BCUT2D eigenvalue weighted by Crippen LogP contribution is 2.20. The molecule has 0 aliphatic carbocycles. The molecule has 5 heteroatoms. The SMILES string of the molecule is CCC(CC)N(CCO)C(=O)c1cccc(F)c1N. The van der Waals surface area contributed by atoms with E-state index in [2.05, 4.69) is 0 Å². The number of para-hydroxylation sites is 1. The Bertz CT molecular complexity index is 433. The molecule has 0 aliphatic heterocycles. The first kappa shape index (κ1) is 15.4. The zero-order valence-corrected chi connectivity index (χ0v) is 11.4. The molecule has 0 saturated carbocycles. The highest BCUT2D eigenvalue weighted by atomic mass is 19.1. The van der Waals surface area contributed by atoms with Crippen LogP contribution in [0.3, 0.4) is 0 Å². The van der Waals surface area contributed by atoms with Crippen molar-refractivity contribution in [3.05, 3.63) is 29.6 Å². The van der Waals surface area contributed by atoms with Crippen LogP contribution >= 0.6 is 0 Å². The van der Waals surface area contributed by atoms with E-state index in [1.165, 1.54) is 18.2 Å². The summed E-state index contributed by atoms with van der Waals surface area (Å²) >= 11 is 0. The summed E-state index contributed by atoms with van der Waals surface area (Å²) in [6.45, 7) is 4.04. The zero-order valence-electron chi connectivity index (χ0n) is 11.4. The fourth-order valence-corrected chi connectivity index (χ4v) is 2.17. The number of nitrogen functional groups attached to an aromatic ring is 1. The van der Waals surface area contributed by atoms with Crippen LogP contribution in [0.5, 0.6) is 0 Å². The van der Waals surface area contributed by atoms with Gasteiger partial charge in [0.05, 0.1) is 17.9 Å². The number of anilines is 1. The van der Waals surface area contributed by atoms with Crippen molar-refractivity contribution in [2.75, 3.05) is 18.9 Å². The lowest BCUT2D eigenvalue weighted by atomic mass is 10.1. The van der Waals surface area contributed by atoms with E-state index in [-0.39, 0.29) is 36.4 Å². The Kier molecular flexibility index (Phi) is 5.76. The standard InChI is InChI=1S/C14H21FN2O2/c1-3-10(4-2)17(8-9-18)14(19)11-6-5-7-12(15)13(11)16/h5-7,10,18H,3-4,8-9,16H2,1-2H3. The lowest BCUT2D eigenvalue weighted by Gasteiger charge is -2.30.